The molecule has 0 unspecified atom stereocenters. The number of aliphatic hydroxyl groups excluding tert-OH is 1. The number of Topliss-reactive ketones (excluding diaryl/α,β-unsaturated/α-hetero) is 1. The number of ketones is 2. The molecule has 0 aromatic heterocycles. The van der Waals surface area contributed by atoms with Crippen LogP contribution in [-0.2, 0) is 14.3 Å². The first-order valence-electron chi connectivity index (χ1n) is 10.0. The molecule has 5 aliphatic rings. The van der Waals surface area contributed by atoms with Gasteiger partial charge >= 0.3 is 0 Å². The second-order valence-electron chi connectivity index (χ2n) is 9.72. The number of epoxide rings is 1. The number of ether oxygens (including phenoxy) is 1. The smallest absolute Gasteiger partial charge is 0.193 e. The van der Waals surface area contributed by atoms with Gasteiger partial charge in [-0.25, -0.2) is 0 Å². The van der Waals surface area contributed by atoms with Crippen LogP contribution in [0.2, 0.25) is 0 Å². The fourth-order valence-corrected chi connectivity index (χ4v) is 7.54. The van der Waals surface area contributed by atoms with E-state index in [-0.39, 0.29) is 40.3 Å². The van der Waals surface area contributed by atoms with E-state index in [9.17, 15) is 19.8 Å². The topological polar surface area (TPSA) is 87.1 Å². The molecule has 0 amide bonds. The van der Waals surface area contributed by atoms with Crippen molar-refractivity contribution in [2.45, 2.75) is 76.1 Å². The van der Waals surface area contributed by atoms with Crippen molar-refractivity contribution in [2.75, 3.05) is 6.61 Å². The minimum atomic E-state index is -0.826. The maximum Gasteiger partial charge on any atom is 0.193 e. The van der Waals surface area contributed by atoms with Gasteiger partial charge in [0.2, 0.25) is 0 Å². The molecule has 7 atom stereocenters. The Morgan fingerprint density at radius 2 is 2.00 bits per heavy atom. The Labute approximate surface area is 153 Å². The number of carbonyl (C=O) groups excluding carboxylic acids is 2. The van der Waals surface area contributed by atoms with Gasteiger partial charge in [-0.1, -0.05) is 19.4 Å². The number of hydrogen-bond donors (Lipinski definition) is 2. The second-order valence-corrected chi connectivity index (χ2v) is 9.72. The summed E-state index contributed by atoms with van der Waals surface area (Å²) in [6.07, 6.45) is 6.78. The minimum absolute atomic E-state index is 0.0998. The summed E-state index contributed by atoms with van der Waals surface area (Å²) in [6.45, 7) is 3.80. The maximum atomic E-state index is 12.5. The van der Waals surface area contributed by atoms with E-state index in [1.807, 2.05) is 0 Å². The van der Waals surface area contributed by atoms with Gasteiger partial charge in [0, 0.05) is 17.3 Å². The molecule has 26 heavy (non-hydrogen) atoms. The third kappa shape index (κ3) is 1.65. The lowest BCUT2D eigenvalue weighted by Gasteiger charge is -2.63. The Kier molecular flexibility index (Phi) is 3.20. The van der Waals surface area contributed by atoms with E-state index in [0.717, 1.165) is 37.7 Å². The molecule has 4 fully saturated rings. The van der Waals surface area contributed by atoms with Crippen LogP contribution in [0.5, 0.6) is 0 Å². The predicted octanol–water partition coefficient (Wildman–Crippen LogP) is 1.94. The van der Waals surface area contributed by atoms with E-state index in [4.69, 9.17) is 4.74 Å². The Morgan fingerprint density at radius 1 is 1.23 bits per heavy atom. The number of rotatable bonds is 2. The highest BCUT2D eigenvalue weighted by molar-refractivity contribution is 5.93. The second kappa shape index (κ2) is 4.86. The molecule has 1 saturated heterocycles. The highest BCUT2D eigenvalue weighted by atomic mass is 16.6. The van der Waals surface area contributed by atoms with E-state index in [2.05, 4.69) is 13.8 Å². The molecule has 5 heteroatoms. The highest BCUT2D eigenvalue weighted by Crippen LogP contribution is 2.74. The van der Waals surface area contributed by atoms with Gasteiger partial charge in [0.1, 0.15) is 6.61 Å². The van der Waals surface area contributed by atoms with Gasteiger partial charge in [-0.05, 0) is 56.4 Å². The summed E-state index contributed by atoms with van der Waals surface area (Å²) in [6, 6.07) is 0. The summed E-state index contributed by atoms with van der Waals surface area (Å²) >= 11 is 0. The number of hydrogen-bond acceptors (Lipinski definition) is 5. The van der Waals surface area contributed by atoms with Crippen molar-refractivity contribution < 1.29 is 24.5 Å². The van der Waals surface area contributed by atoms with Gasteiger partial charge in [-0.2, -0.15) is 0 Å². The molecule has 2 N–H and O–H groups in total. The molecule has 0 bridgehead atoms. The Hall–Kier alpha value is -1.04. The lowest BCUT2D eigenvalue weighted by Crippen LogP contribution is -2.64. The number of fused-ring (bicyclic) bond motifs is 7. The van der Waals surface area contributed by atoms with Gasteiger partial charge in [-0.15, -0.1) is 0 Å². The van der Waals surface area contributed by atoms with Gasteiger partial charge in [-0.3, -0.25) is 9.59 Å². The van der Waals surface area contributed by atoms with E-state index in [0.29, 0.717) is 12.8 Å². The van der Waals surface area contributed by atoms with Crippen LogP contribution >= 0.6 is 0 Å². The summed E-state index contributed by atoms with van der Waals surface area (Å²) in [4.78, 5) is 24.4. The third-order valence-corrected chi connectivity index (χ3v) is 9.14. The van der Waals surface area contributed by atoms with Crippen molar-refractivity contribution in [3.8, 4) is 0 Å². The Balaban J connectivity index is 1.55. The van der Waals surface area contributed by atoms with Crippen molar-refractivity contribution in [3.05, 3.63) is 11.6 Å². The van der Waals surface area contributed by atoms with E-state index in [1.54, 1.807) is 6.08 Å². The fourth-order valence-electron chi connectivity index (χ4n) is 7.54. The van der Waals surface area contributed by atoms with Crippen molar-refractivity contribution >= 4 is 11.6 Å². The van der Waals surface area contributed by atoms with E-state index in [1.165, 1.54) is 0 Å². The van der Waals surface area contributed by atoms with Crippen LogP contribution < -0.4 is 0 Å². The molecule has 0 spiro atoms. The van der Waals surface area contributed by atoms with Gasteiger partial charge in [0.25, 0.3) is 0 Å². The lowest BCUT2D eigenvalue weighted by atomic mass is 9.44. The fraction of sp³-hybridized carbons (Fsp3) is 0.810. The van der Waals surface area contributed by atoms with Crippen molar-refractivity contribution in [1.82, 2.24) is 0 Å². The molecular formula is C21H28O5. The summed E-state index contributed by atoms with van der Waals surface area (Å²) in [5.41, 5.74) is -1.17. The first-order chi connectivity index (χ1) is 12.2. The average Bonchev–Trinajstić information content (AvgIpc) is 3.29. The average molecular weight is 360 g/mol. The minimum Gasteiger partial charge on any atom is -0.389 e. The standard InChI is InChI=1S/C21H28O5/c1-18-6-5-13(23)9-12(18)3-4-14-15-10-17-21(26-17,16(24)11-22)19(15,2)7-8-20(14,18)25/h9,14-15,17,22,25H,3-8,10-11H2,1-2H3/t14-,15-,17+,18-,19-,20+,21+/m0/s1. The zero-order valence-corrected chi connectivity index (χ0v) is 15.6. The first kappa shape index (κ1) is 17.1. The normalized spacial score (nSPS) is 54.5. The molecule has 0 aromatic rings. The maximum absolute atomic E-state index is 12.5. The summed E-state index contributed by atoms with van der Waals surface area (Å²) in [5, 5.41) is 21.4. The molecule has 4 aliphatic carbocycles. The number of carbonyl (C=O) groups is 2. The first-order valence-corrected chi connectivity index (χ1v) is 10.0. The zero-order chi connectivity index (χ0) is 18.5. The van der Waals surface area contributed by atoms with Gasteiger partial charge < -0.3 is 14.9 Å². The monoisotopic (exact) mass is 360 g/mol. The summed E-state index contributed by atoms with van der Waals surface area (Å²) in [7, 11) is 0. The molecule has 0 aromatic carbocycles. The molecule has 5 nitrogen and oxygen atoms in total. The Bertz CT molecular complexity index is 743. The van der Waals surface area contributed by atoms with Crippen LogP contribution in [0.1, 0.15) is 58.8 Å². The van der Waals surface area contributed by atoms with Crippen molar-refractivity contribution in [3.63, 3.8) is 0 Å². The predicted molar refractivity (Wildman–Crippen MR) is 93.2 cm³/mol. The van der Waals surface area contributed by atoms with Crippen LogP contribution in [0.4, 0.5) is 0 Å². The van der Waals surface area contributed by atoms with E-state index < -0.39 is 17.8 Å². The van der Waals surface area contributed by atoms with Crippen LogP contribution in [0.15, 0.2) is 11.6 Å². The quantitative estimate of drug-likeness (QED) is 0.735. The lowest BCUT2D eigenvalue weighted by molar-refractivity contribution is -0.203. The summed E-state index contributed by atoms with van der Waals surface area (Å²) in [5.74, 6) is 0.342. The van der Waals surface area contributed by atoms with Gasteiger partial charge in [0.15, 0.2) is 17.2 Å². The van der Waals surface area contributed by atoms with Crippen LogP contribution in [0.25, 0.3) is 0 Å². The van der Waals surface area contributed by atoms with Crippen LogP contribution in [-0.4, -0.2) is 45.7 Å². The van der Waals surface area contributed by atoms with E-state index >= 15 is 0 Å². The molecule has 142 valence electrons. The SMILES string of the molecule is C[C@]12CCC(=O)C=C1CC[C@H]1[C@@H]3C[C@H]4O[C@@]4(C(=O)CO)[C@@]3(C)CC[C@@]12O. The Morgan fingerprint density at radius 3 is 2.73 bits per heavy atom. The largest absolute Gasteiger partial charge is 0.389 e. The van der Waals surface area contributed by atoms with Crippen LogP contribution in [0, 0.1) is 22.7 Å². The molecule has 5 rings (SSSR count). The molecule has 1 aliphatic heterocycles. The van der Waals surface area contributed by atoms with Crippen molar-refractivity contribution in [2.24, 2.45) is 22.7 Å². The zero-order valence-electron chi connectivity index (χ0n) is 15.6. The number of aliphatic hydroxyl groups is 2. The third-order valence-electron chi connectivity index (χ3n) is 9.14. The molecule has 3 saturated carbocycles. The highest BCUT2D eigenvalue weighted by Gasteiger charge is 2.81. The van der Waals surface area contributed by atoms with Crippen LogP contribution in [0.3, 0.4) is 0 Å². The summed E-state index contributed by atoms with van der Waals surface area (Å²) < 4.78 is 5.88. The van der Waals surface area contributed by atoms with Gasteiger partial charge in [0.05, 0.1) is 11.7 Å². The molecule has 0 radical (unpaired) electrons. The molecule has 1 heterocycles. The molecular weight excluding hydrogens is 332 g/mol. The van der Waals surface area contributed by atoms with Crippen molar-refractivity contribution in [1.29, 1.82) is 0 Å².